The fourth-order valence-corrected chi connectivity index (χ4v) is 6.06. The fourth-order valence-electron chi connectivity index (χ4n) is 6.06. The first-order chi connectivity index (χ1) is 22.3. The SMILES string of the molecule is CCc1nc2ccccc2n1-c1cccc2c(-c3ccc(-c4nc(-c5ccccc5)nc(-c5ccccc5)n4)cc3)cccc12. The van der Waals surface area contributed by atoms with Crippen molar-refractivity contribution in [1.29, 1.82) is 0 Å². The third-order valence-corrected chi connectivity index (χ3v) is 8.24. The van der Waals surface area contributed by atoms with Crippen molar-refractivity contribution < 1.29 is 0 Å². The molecule has 0 spiro atoms. The molecule has 0 aliphatic carbocycles. The minimum absolute atomic E-state index is 0.647. The van der Waals surface area contributed by atoms with Crippen molar-refractivity contribution >= 4 is 21.8 Å². The molecular weight excluding hydrogens is 550 g/mol. The number of hydrogen-bond acceptors (Lipinski definition) is 4. The molecule has 0 fully saturated rings. The number of aryl methyl sites for hydroxylation is 1. The van der Waals surface area contributed by atoms with E-state index in [1.165, 1.54) is 16.3 Å². The highest BCUT2D eigenvalue weighted by Gasteiger charge is 2.16. The molecule has 5 heteroatoms. The van der Waals surface area contributed by atoms with Crippen molar-refractivity contribution in [2.24, 2.45) is 0 Å². The van der Waals surface area contributed by atoms with Crippen molar-refractivity contribution in [1.82, 2.24) is 24.5 Å². The highest BCUT2D eigenvalue weighted by Crippen LogP contribution is 2.35. The summed E-state index contributed by atoms with van der Waals surface area (Å²) in [5, 5.41) is 2.38. The van der Waals surface area contributed by atoms with E-state index in [9.17, 15) is 0 Å². The van der Waals surface area contributed by atoms with Gasteiger partial charge in [-0.25, -0.2) is 19.9 Å². The summed E-state index contributed by atoms with van der Waals surface area (Å²) in [4.78, 5) is 19.6. The van der Waals surface area contributed by atoms with Gasteiger partial charge in [-0.1, -0.05) is 134 Å². The van der Waals surface area contributed by atoms with Crippen LogP contribution in [0, 0.1) is 0 Å². The number of imidazole rings is 1. The molecule has 2 heterocycles. The minimum Gasteiger partial charge on any atom is -0.296 e. The molecule has 8 aromatic rings. The Labute approximate surface area is 261 Å². The number of para-hydroxylation sites is 2. The second kappa shape index (κ2) is 11.3. The van der Waals surface area contributed by atoms with Gasteiger partial charge >= 0.3 is 0 Å². The van der Waals surface area contributed by atoms with Gasteiger partial charge in [0.15, 0.2) is 17.5 Å². The summed E-state index contributed by atoms with van der Waals surface area (Å²) in [6, 6.07) is 50.1. The van der Waals surface area contributed by atoms with Crippen LogP contribution in [-0.4, -0.2) is 24.5 Å². The lowest BCUT2D eigenvalue weighted by Gasteiger charge is -2.14. The van der Waals surface area contributed by atoms with Crippen LogP contribution in [0.2, 0.25) is 0 Å². The molecular formula is C40H29N5. The Bertz CT molecular complexity index is 2230. The van der Waals surface area contributed by atoms with Crippen LogP contribution in [0.5, 0.6) is 0 Å². The van der Waals surface area contributed by atoms with E-state index in [1.54, 1.807) is 0 Å². The molecule has 6 aromatic carbocycles. The van der Waals surface area contributed by atoms with E-state index in [0.717, 1.165) is 51.2 Å². The van der Waals surface area contributed by atoms with Crippen LogP contribution in [0.4, 0.5) is 0 Å². The summed E-state index contributed by atoms with van der Waals surface area (Å²) >= 11 is 0. The van der Waals surface area contributed by atoms with Gasteiger partial charge in [-0.2, -0.15) is 0 Å². The van der Waals surface area contributed by atoms with Gasteiger partial charge in [0.2, 0.25) is 0 Å². The molecule has 8 rings (SSSR count). The molecule has 0 aliphatic rings. The Morgan fingerprint density at radius 3 is 1.62 bits per heavy atom. The molecule has 0 amide bonds. The van der Waals surface area contributed by atoms with Crippen molar-refractivity contribution in [2.45, 2.75) is 13.3 Å². The fraction of sp³-hybridized carbons (Fsp3) is 0.0500. The zero-order chi connectivity index (χ0) is 30.2. The second-order valence-electron chi connectivity index (χ2n) is 11.0. The maximum Gasteiger partial charge on any atom is 0.164 e. The Balaban J connectivity index is 1.22. The van der Waals surface area contributed by atoms with Gasteiger partial charge < -0.3 is 0 Å². The van der Waals surface area contributed by atoms with E-state index in [2.05, 4.69) is 90.4 Å². The van der Waals surface area contributed by atoms with Crippen molar-refractivity contribution in [3.63, 3.8) is 0 Å². The van der Waals surface area contributed by atoms with Gasteiger partial charge in [0.25, 0.3) is 0 Å². The van der Waals surface area contributed by atoms with Gasteiger partial charge in [-0.15, -0.1) is 0 Å². The lowest BCUT2D eigenvalue weighted by atomic mass is 9.96. The standard InChI is InChI=1S/C40H29N5/c1-2-37-41-34-20-9-10-21-36(34)45(37)35-22-12-18-32-31(17-11-19-33(32)35)27-23-25-30(26-24-27)40-43-38(28-13-5-3-6-14-28)42-39(44-40)29-15-7-4-8-16-29/h3-26H,2H2,1H3. The van der Waals surface area contributed by atoms with Crippen LogP contribution >= 0.6 is 0 Å². The van der Waals surface area contributed by atoms with Gasteiger partial charge in [0.05, 0.1) is 16.7 Å². The topological polar surface area (TPSA) is 56.5 Å². The van der Waals surface area contributed by atoms with Crippen LogP contribution in [-0.2, 0) is 6.42 Å². The van der Waals surface area contributed by atoms with Crippen LogP contribution in [0.25, 0.3) is 72.8 Å². The molecule has 0 N–H and O–H groups in total. The lowest BCUT2D eigenvalue weighted by Crippen LogP contribution is -2.01. The highest BCUT2D eigenvalue weighted by molar-refractivity contribution is 6.02. The third-order valence-electron chi connectivity index (χ3n) is 8.24. The first kappa shape index (κ1) is 26.7. The predicted octanol–water partition coefficient (Wildman–Crippen LogP) is 9.59. The molecule has 0 aliphatic heterocycles. The number of rotatable bonds is 6. The van der Waals surface area contributed by atoms with Crippen LogP contribution in [0.1, 0.15) is 12.7 Å². The predicted molar refractivity (Wildman–Crippen MR) is 183 cm³/mol. The minimum atomic E-state index is 0.647. The largest absolute Gasteiger partial charge is 0.296 e. The third kappa shape index (κ3) is 4.85. The summed E-state index contributed by atoms with van der Waals surface area (Å²) in [6.45, 7) is 2.16. The van der Waals surface area contributed by atoms with E-state index in [4.69, 9.17) is 19.9 Å². The van der Waals surface area contributed by atoms with Crippen molar-refractivity contribution in [3.8, 4) is 51.0 Å². The molecule has 0 unspecified atom stereocenters. The molecule has 5 nitrogen and oxygen atoms in total. The number of fused-ring (bicyclic) bond motifs is 2. The average Bonchev–Trinajstić information content (AvgIpc) is 3.50. The van der Waals surface area contributed by atoms with E-state index in [-0.39, 0.29) is 0 Å². The molecule has 0 atom stereocenters. The number of nitrogens with zero attached hydrogens (tertiary/aromatic N) is 5. The van der Waals surface area contributed by atoms with Crippen LogP contribution < -0.4 is 0 Å². The Hall–Kier alpha value is -5.94. The Kier molecular flexibility index (Phi) is 6.69. The van der Waals surface area contributed by atoms with Gasteiger partial charge in [-0.3, -0.25) is 4.57 Å². The summed E-state index contributed by atoms with van der Waals surface area (Å²) in [5.41, 5.74) is 8.44. The van der Waals surface area contributed by atoms with Crippen LogP contribution in [0.3, 0.4) is 0 Å². The molecule has 0 radical (unpaired) electrons. The molecule has 0 saturated heterocycles. The normalized spacial score (nSPS) is 11.3. The maximum atomic E-state index is 4.93. The molecule has 45 heavy (non-hydrogen) atoms. The Morgan fingerprint density at radius 1 is 0.444 bits per heavy atom. The summed E-state index contributed by atoms with van der Waals surface area (Å²) in [6.07, 6.45) is 0.848. The van der Waals surface area contributed by atoms with E-state index < -0.39 is 0 Å². The second-order valence-corrected chi connectivity index (χ2v) is 11.0. The average molecular weight is 580 g/mol. The number of hydrogen-bond donors (Lipinski definition) is 0. The Morgan fingerprint density at radius 2 is 0.978 bits per heavy atom. The molecule has 214 valence electrons. The first-order valence-corrected chi connectivity index (χ1v) is 15.2. The van der Waals surface area contributed by atoms with E-state index in [0.29, 0.717) is 17.5 Å². The quantitative estimate of drug-likeness (QED) is 0.197. The molecule has 0 bridgehead atoms. The molecule has 0 saturated carbocycles. The summed E-state index contributed by atoms with van der Waals surface area (Å²) in [5.74, 6) is 3.02. The zero-order valence-corrected chi connectivity index (χ0v) is 24.8. The van der Waals surface area contributed by atoms with Gasteiger partial charge in [-0.05, 0) is 34.7 Å². The van der Waals surface area contributed by atoms with E-state index >= 15 is 0 Å². The van der Waals surface area contributed by atoms with Gasteiger partial charge in [0.1, 0.15) is 5.82 Å². The first-order valence-electron chi connectivity index (χ1n) is 15.2. The highest BCUT2D eigenvalue weighted by atomic mass is 15.1. The van der Waals surface area contributed by atoms with E-state index in [1.807, 2.05) is 66.7 Å². The monoisotopic (exact) mass is 579 g/mol. The number of aromatic nitrogens is 5. The summed E-state index contributed by atoms with van der Waals surface area (Å²) in [7, 11) is 0. The summed E-state index contributed by atoms with van der Waals surface area (Å²) < 4.78 is 2.31. The van der Waals surface area contributed by atoms with Crippen molar-refractivity contribution in [3.05, 3.63) is 151 Å². The molecule has 2 aromatic heterocycles. The van der Waals surface area contributed by atoms with Crippen LogP contribution in [0.15, 0.2) is 146 Å². The lowest BCUT2D eigenvalue weighted by molar-refractivity contribution is 0.913. The zero-order valence-electron chi connectivity index (χ0n) is 24.8. The number of benzene rings is 6. The smallest absolute Gasteiger partial charge is 0.164 e. The van der Waals surface area contributed by atoms with Crippen molar-refractivity contribution in [2.75, 3.05) is 0 Å². The maximum absolute atomic E-state index is 4.93. The van der Waals surface area contributed by atoms with Gasteiger partial charge in [0, 0.05) is 28.5 Å².